The summed E-state index contributed by atoms with van der Waals surface area (Å²) in [6.07, 6.45) is 0. The maximum atomic E-state index is 13.4. The van der Waals surface area contributed by atoms with Crippen LogP contribution in [0.3, 0.4) is 0 Å². The van der Waals surface area contributed by atoms with Crippen LogP contribution in [0.25, 0.3) is 0 Å². The molecular weight excluding hydrogens is 331 g/mol. The fourth-order valence-electron chi connectivity index (χ4n) is 3.12. The summed E-state index contributed by atoms with van der Waals surface area (Å²) in [5.74, 6) is -1.10. The Hall–Kier alpha value is -2.27. The van der Waals surface area contributed by atoms with Crippen molar-refractivity contribution in [3.05, 3.63) is 66.0 Å². The number of rotatable bonds is 4. The SMILES string of the molecule is N#C[C@@H]1[C@@H](c2ccccc2)[C@@H](CO)N1S(=O)(=O)c1cccc(F)c1. The second-order valence-corrected chi connectivity index (χ2v) is 7.40. The normalized spacial score (nSPS) is 24.1. The van der Waals surface area contributed by atoms with Gasteiger partial charge in [0.1, 0.15) is 11.9 Å². The molecule has 0 spiro atoms. The zero-order valence-corrected chi connectivity index (χ0v) is 13.4. The predicted octanol–water partition coefficient (Wildman–Crippen LogP) is 1.87. The van der Waals surface area contributed by atoms with E-state index in [1.807, 2.05) is 12.1 Å². The number of halogens is 1. The molecule has 2 aromatic carbocycles. The number of nitrogens with zero attached hydrogens (tertiary/aromatic N) is 2. The summed E-state index contributed by atoms with van der Waals surface area (Å²) in [7, 11) is -4.08. The van der Waals surface area contributed by atoms with Gasteiger partial charge in [0.15, 0.2) is 0 Å². The van der Waals surface area contributed by atoms with Gasteiger partial charge in [-0.1, -0.05) is 36.4 Å². The van der Waals surface area contributed by atoms with Crippen molar-refractivity contribution in [3.8, 4) is 6.07 Å². The van der Waals surface area contributed by atoms with Crippen molar-refractivity contribution in [2.45, 2.75) is 22.9 Å². The number of aliphatic hydroxyl groups excluding tert-OH is 1. The average molecular weight is 346 g/mol. The summed E-state index contributed by atoms with van der Waals surface area (Å²) >= 11 is 0. The number of sulfonamides is 1. The van der Waals surface area contributed by atoms with Crippen molar-refractivity contribution in [2.24, 2.45) is 0 Å². The second kappa shape index (κ2) is 6.32. The van der Waals surface area contributed by atoms with Crippen LogP contribution >= 0.6 is 0 Å². The van der Waals surface area contributed by atoms with Gasteiger partial charge in [0, 0.05) is 5.92 Å². The van der Waals surface area contributed by atoms with Crippen molar-refractivity contribution < 1.29 is 17.9 Å². The average Bonchev–Trinajstić information content (AvgIpc) is 2.55. The monoisotopic (exact) mass is 346 g/mol. The Balaban J connectivity index is 2.01. The molecule has 0 bridgehead atoms. The van der Waals surface area contributed by atoms with Crippen LogP contribution in [-0.4, -0.2) is 36.5 Å². The molecule has 2 aromatic rings. The lowest BCUT2D eigenvalue weighted by Crippen LogP contribution is -2.65. The fraction of sp³-hybridized carbons (Fsp3) is 0.235. The van der Waals surface area contributed by atoms with E-state index in [0.717, 1.165) is 22.0 Å². The molecule has 124 valence electrons. The second-order valence-electron chi connectivity index (χ2n) is 5.55. The van der Waals surface area contributed by atoms with Gasteiger partial charge in [0.2, 0.25) is 10.0 Å². The molecule has 0 amide bonds. The number of hydrogen-bond acceptors (Lipinski definition) is 4. The maximum Gasteiger partial charge on any atom is 0.244 e. The highest BCUT2D eigenvalue weighted by molar-refractivity contribution is 7.89. The van der Waals surface area contributed by atoms with E-state index in [4.69, 9.17) is 0 Å². The van der Waals surface area contributed by atoms with Crippen LogP contribution in [0, 0.1) is 17.1 Å². The van der Waals surface area contributed by atoms with Crippen molar-refractivity contribution in [2.75, 3.05) is 6.61 Å². The maximum absolute atomic E-state index is 13.4. The zero-order chi connectivity index (χ0) is 17.3. The summed E-state index contributed by atoms with van der Waals surface area (Å²) in [6.45, 7) is -0.424. The molecular formula is C17H15FN2O3S. The lowest BCUT2D eigenvalue weighted by Gasteiger charge is -2.50. The summed E-state index contributed by atoms with van der Waals surface area (Å²) in [6, 6.07) is 13.9. The minimum Gasteiger partial charge on any atom is -0.395 e. The number of aliphatic hydroxyl groups is 1. The van der Waals surface area contributed by atoms with Gasteiger partial charge in [-0.15, -0.1) is 0 Å². The summed E-state index contributed by atoms with van der Waals surface area (Å²) in [5.41, 5.74) is 0.786. The van der Waals surface area contributed by atoms with Gasteiger partial charge < -0.3 is 5.11 Å². The van der Waals surface area contributed by atoms with Crippen LogP contribution in [0.2, 0.25) is 0 Å². The van der Waals surface area contributed by atoms with E-state index >= 15 is 0 Å². The van der Waals surface area contributed by atoms with Crippen molar-refractivity contribution in [1.29, 1.82) is 5.26 Å². The Morgan fingerprint density at radius 1 is 1.17 bits per heavy atom. The molecule has 0 radical (unpaired) electrons. The summed E-state index contributed by atoms with van der Waals surface area (Å²) in [5, 5.41) is 19.1. The first-order chi connectivity index (χ1) is 11.5. The van der Waals surface area contributed by atoms with Crippen molar-refractivity contribution >= 4 is 10.0 Å². The van der Waals surface area contributed by atoms with E-state index < -0.39 is 40.4 Å². The molecule has 24 heavy (non-hydrogen) atoms. The minimum absolute atomic E-state index is 0.229. The molecule has 3 rings (SSSR count). The smallest absolute Gasteiger partial charge is 0.244 e. The first kappa shape index (κ1) is 16.6. The van der Waals surface area contributed by atoms with Crippen molar-refractivity contribution in [3.63, 3.8) is 0 Å². The third kappa shape index (κ3) is 2.59. The first-order valence-electron chi connectivity index (χ1n) is 7.35. The molecule has 7 heteroatoms. The number of hydrogen-bond donors (Lipinski definition) is 1. The highest BCUT2D eigenvalue weighted by Gasteiger charge is 2.55. The molecule has 0 unspecified atom stereocenters. The van der Waals surface area contributed by atoms with E-state index in [-0.39, 0.29) is 4.90 Å². The van der Waals surface area contributed by atoms with Gasteiger partial charge in [0.05, 0.1) is 23.6 Å². The van der Waals surface area contributed by atoms with Gasteiger partial charge >= 0.3 is 0 Å². The first-order valence-corrected chi connectivity index (χ1v) is 8.79. The van der Waals surface area contributed by atoms with Crippen LogP contribution in [0.1, 0.15) is 11.5 Å². The largest absolute Gasteiger partial charge is 0.395 e. The van der Waals surface area contributed by atoms with Gasteiger partial charge in [-0.3, -0.25) is 0 Å². The Morgan fingerprint density at radius 3 is 2.46 bits per heavy atom. The van der Waals surface area contributed by atoms with Gasteiger partial charge in [-0.05, 0) is 23.8 Å². The van der Waals surface area contributed by atoms with Crippen LogP contribution in [0.15, 0.2) is 59.5 Å². The Labute approximate surface area is 139 Å². The van der Waals surface area contributed by atoms with E-state index in [1.165, 1.54) is 12.1 Å². The zero-order valence-electron chi connectivity index (χ0n) is 12.6. The number of nitriles is 1. The Bertz CT molecular complexity index is 880. The molecule has 3 atom stereocenters. The van der Waals surface area contributed by atoms with Crippen LogP contribution in [0.4, 0.5) is 4.39 Å². The highest BCUT2D eigenvalue weighted by Crippen LogP contribution is 2.43. The van der Waals surface area contributed by atoms with Crippen LogP contribution in [0.5, 0.6) is 0 Å². The minimum atomic E-state index is -4.08. The highest BCUT2D eigenvalue weighted by atomic mass is 32.2. The molecule has 1 heterocycles. The molecule has 1 fully saturated rings. The third-order valence-electron chi connectivity index (χ3n) is 4.23. The van der Waals surface area contributed by atoms with E-state index in [0.29, 0.717) is 0 Å². The Kier molecular flexibility index (Phi) is 4.37. The van der Waals surface area contributed by atoms with Crippen molar-refractivity contribution in [1.82, 2.24) is 4.31 Å². The Morgan fingerprint density at radius 2 is 1.88 bits per heavy atom. The number of benzene rings is 2. The summed E-state index contributed by atoms with van der Waals surface area (Å²) in [4.78, 5) is -0.229. The molecule has 1 aliphatic rings. The standard InChI is InChI=1S/C17H15FN2O3S/c18-13-7-4-8-14(9-13)24(22,23)20-15(10-19)17(16(20)11-21)12-5-2-1-3-6-12/h1-9,15-17,21H,11H2/t15-,16-,17-/m1/s1. The molecule has 0 saturated carbocycles. The lowest BCUT2D eigenvalue weighted by molar-refractivity contribution is 0.0556. The topological polar surface area (TPSA) is 81.4 Å². The third-order valence-corrected chi connectivity index (χ3v) is 6.13. The van der Waals surface area contributed by atoms with E-state index in [9.17, 15) is 23.2 Å². The van der Waals surface area contributed by atoms with Crippen LogP contribution in [-0.2, 0) is 10.0 Å². The van der Waals surface area contributed by atoms with E-state index in [1.54, 1.807) is 24.3 Å². The fourth-order valence-corrected chi connectivity index (χ4v) is 4.91. The van der Waals surface area contributed by atoms with Gasteiger partial charge in [-0.2, -0.15) is 9.57 Å². The van der Waals surface area contributed by atoms with Crippen LogP contribution < -0.4 is 0 Å². The molecule has 0 aliphatic carbocycles. The van der Waals surface area contributed by atoms with E-state index in [2.05, 4.69) is 0 Å². The molecule has 5 nitrogen and oxygen atoms in total. The molecule has 0 aromatic heterocycles. The lowest BCUT2D eigenvalue weighted by atomic mass is 9.78. The molecule has 1 aliphatic heterocycles. The van der Waals surface area contributed by atoms with Gasteiger partial charge in [-0.25, -0.2) is 12.8 Å². The summed E-state index contributed by atoms with van der Waals surface area (Å²) < 4.78 is 39.9. The molecule has 1 N–H and O–H groups in total. The molecule has 1 saturated heterocycles. The van der Waals surface area contributed by atoms with Gasteiger partial charge in [0.25, 0.3) is 0 Å². The quantitative estimate of drug-likeness (QED) is 0.916. The predicted molar refractivity (Wildman–Crippen MR) is 84.9 cm³/mol.